The highest BCUT2D eigenvalue weighted by molar-refractivity contribution is 9.10. The number of nitrogens with one attached hydrogen (secondary N) is 1. The topological polar surface area (TPSA) is 29.1 Å². The molecule has 1 aromatic carbocycles. The van der Waals surface area contributed by atoms with Crippen molar-refractivity contribution in [3.8, 4) is 0 Å². The molecule has 0 heterocycles. The fourth-order valence-corrected chi connectivity index (χ4v) is 2.95. The Morgan fingerprint density at radius 2 is 2.22 bits per heavy atom. The van der Waals surface area contributed by atoms with Gasteiger partial charge < -0.3 is 5.32 Å². The molecule has 0 spiro atoms. The Bertz CT molecular complexity index is 636. The minimum absolute atomic E-state index is 0.0187. The third kappa shape index (κ3) is 5.82. The molecule has 1 fully saturated rings. The van der Waals surface area contributed by atoms with E-state index in [1.807, 2.05) is 19.1 Å². The van der Waals surface area contributed by atoms with Crippen LogP contribution in [0.25, 0.3) is 0 Å². The number of halogens is 2. The molecule has 2 atom stereocenters. The van der Waals surface area contributed by atoms with E-state index in [2.05, 4.69) is 53.3 Å². The first-order valence-corrected chi connectivity index (χ1v) is 9.13. The molecule has 1 aliphatic rings. The second-order valence-corrected chi connectivity index (χ2v) is 7.83. The van der Waals surface area contributed by atoms with Crippen LogP contribution in [0.15, 0.2) is 46.5 Å². The summed E-state index contributed by atoms with van der Waals surface area (Å²) in [5.74, 6) is 1.55. The molecule has 1 aromatic rings. The second-order valence-electron chi connectivity index (χ2n) is 6.57. The van der Waals surface area contributed by atoms with E-state index in [-0.39, 0.29) is 5.91 Å². The summed E-state index contributed by atoms with van der Waals surface area (Å²) < 4.78 is 0.948. The smallest absolute Gasteiger partial charge is 0.244 e. The summed E-state index contributed by atoms with van der Waals surface area (Å²) in [5.41, 5.74) is 2.29. The average Bonchev–Trinajstić information content (AvgIpc) is 3.25. The molecule has 0 saturated heterocycles. The molecule has 2 nitrogen and oxygen atoms in total. The lowest BCUT2D eigenvalue weighted by molar-refractivity contribution is -0.116. The molecule has 1 aliphatic carbocycles. The van der Waals surface area contributed by atoms with E-state index in [1.54, 1.807) is 6.08 Å². The highest BCUT2D eigenvalue weighted by Crippen LogP contribution is 2.49. The third-order valence-electron chi connectivity index (χ3n) is 3.86. The molecule has 1 amide bonds. The zero-order chi connectivity index (χ0) is 17.0. The number of hydrogen-bond acceptors (Lipinski definition) is 1. The van der Waals surface area contributed by atoms with Crippen LogP contribution >= 0.6 is 27.5 Å². The number of hydrogen-bond donors (Lipinski definition) is 1. The minimum atomic E-state index is -0.0187. The standard InChI is InChI=1S/C19H23BrClNO/c1-12(2)11-22-19(23)8-13(3)4-5-14-9-16(14)15-6-7-18(21)17(20)10-15/h4-8,10,12,14,16H,9,11H2,1-3H3,(H,22,23)/b5-4?,13-8+. The Kier molecular flexibility index (Phi) is 6.49. The van der Waals surface area contributed by atoms with Crippen LogP contribution in [0, 0.1) is 11.8 Å². The summed E-state index contributed by atoms with van der Waals surface area (Å²) in [6.45, 7) is 6.84. The zero-order valence-electron chi connectivity index (χ0n) is 13.8. The lowest BCUT2D eigenvalue weighted by Crippen LogP contribution is -2.25. The zero-order valence-corrected chi connectivity index (χ0v) is 16.1. The highest BCUT2D eigenvalue weighted by Gasteiger charge is 2.36. The Morgan fingerprint density at radius 1 is 1.48 bits per heavy atom. The van der Waals surface area contributed by atoms with E-state index in [1.165, 1.54) is 5.56 Å². The summed E-state index contributed by atoms with van der Waals surface area (Å²) in [5, 5.41) is 3.64. The lowest BCUT2D eigenvalue weighted by Gasteiger charge is -2.04. The predicted octanol–water partition coefficient (Wildman–Crippen LogP) is 5.48. The SMILES string of the molecule is C/C(C=CC1CC1c1ccc(Cl)c(Br)c1)=C\C(=O)NCC(C)C. The van der Waals surface area contributed by atoms with Crippen LogP contribution in [0.1, 0.15) is 38.7 Å². The van der Waals surface area contributed by atoms with Gasteiger partial charge in [-0.2, -0.15) is 0 Å². The summed E-state index contributed by atoms with van der Waals surface area (Å²) in [7, 11) is 0. The van der Waals surface area contributed by atoms with Gasteiger partial charge in [0.1, 0.15) is 0 Å². The van der Waals surface area contributed by atoms with Crippen LogP contribution in [-0.4, -0.2) is 12.5 Å². The van der Waals surface area contributed by atoms with Gasteiger partial charge in [0.2, 0.25) is 5.91 Å². The first-order valence-electron chi connectivity index (χ1n) is 7.96. The fourth-order valence-electron chi connectivity index (χ4n) is 2.44. The van der Waals surface area contributed by atoms with E-state index >= 15 is 0 Å². The lowest BCUT2D eigenvalue weighted by atomic mass is 10.1. The first-order chi connectivity index (χ1) is 10.9. The summed E-state index contributed by atoms with van der Waals surface area (Å²) >= 11 is 9.50. The minimum Gasteiger partial charge on any atom is -0.352 e. The van der Waals surface area contributed by atoms with Gasteiger partial charge in [-0.05, 0) is 70.3 Å². The summed E-state index contributed by atoms with van der Waals surface area (Å²) in [6, 6.07) is 6.13. The van der Waals surface area contributed by atoms with Crippen molar-refractivity contribution in [1.82, 2.24) is 5.32 Å². The Morgan fingerprint density at radius 3 is 2.87 bits per heavy atom. The molecule has 2 unspecified atom stereocenters. The van der Waals surface area contributed by atoms with Crippen molar-refractivity contribution in [1.29, 1.82) is 0 Å². The molecule has 1 saturated carbocycles. The van der Waals surface area contributed by atoms with Gasteiger partial charge in [0.05, 0.1) is 5.02 Å². The molecular weight excluding hydrogens is 374 g/mol. The van der Waals surface area contributed by atoms with Gasteiger partial charge >= 0.3 is 0 Å². The van der Waals surface area contributed by atoms with Crippen LogP contribution in [-0.2, 0) is 4.79 Å². The van der Waals surface area contributed by atoms with Gasteiger partial charge in [-0.15, -0.1) is 0 Å². The van der Waals surface area contributed by atoms with Crippen molar-refractivity contribution >= 4 is 33.4 Å². The maximum absolute atomic E-state index is 11.7. The van der Waals surface area contributed by atoms with Crippen LogP contribution < -0.4 is 5.32 Å². The molecule has 2 rings (SSSR count). The van der Waals surface area contributed by atoms with E-state index in [0.29, 0.717) is 24.3 Å². The van der Waals surface area contributed by atoms with Gasteiger partial charge in [-0.3, -0.25) is 4.79 Å². The first kappa shape index (κ1) is 18.3. The third-order valence-corrected chi connectivity index (χ3v) is 5.08. The number of benzene rings is 1. The Balaban J connectivity index is 1.87. The van der Waals surface area contributed by atoms with Gasteiger partial charge in [0, 0.05) is 17.1 Å². The van der Waals surface area contributed by atoms with Crippen molar-refractivity contribution in [2.24, 2.45) is 11.8 Å². The molecule has 0 aromatic heterocycles. The van der Waals surface area contributed by atoms with E-state index in [0.717, 1.165) is 21.5 Å². The van der Waals surface area contributed by atoms with E-state index in [9.17, 15) is 4.79 Å². The van der Waals surface area contributed by atoms with Crippen LogP contribution in [0.3, 0.4) is 0 Å². The Hall–Kier alpha value is -1.06. The van der Waals surface area contributed by atoms with Crippen LogP contribution in [0.5, 0.6) is 0 Å². The molecule has 1 N–H and O–H groups in total. The summed E-state index contributed by atoms with van der Waals surface area (Å²) in [4.78, 5) is 11.7. The van der Waals surface area contributed by atoms with Crippen LogP contribution in [0.2, 0.25) is 5.02 Å². The second kappa shape index (κ2) is 8.16. The van der Waals surface area contributed by atoms with Gasteiger partial charge in [-0.1, -0.05) is 43.7 Å². The normalized spacial score (nSPS) is 21.0. The molecule has 0 bridgehead atoms. The predicted molar refractivity (Wildman–Crippen MR) is 101 cm³/mol. The van der Waals surface area contributed by atoms with E-state index < -0.39 is 0 Å². The molecular formula is C19H23BrClNO. The van der Waals surface area contributed by atoms with Gasteiger partial charge in [0.15, 0.2) is 0 Å². The van der Waals surface area contributed by atoms with E-state index in [4.69, 9.17) is 11.6 Å². The summed E-state index contributed by atoms with van der Waals surface area (Å²) in [6.07, 6.45) is 7.06. The van der Waals surface area contributed by atoms with Crippen molar-refractivity contribution in [3.05, 3.63) is 57.1 Å². The van der Waals surface area contributed by atoms with Crippen molar-refractivity contribution in [2.75, 3.05) is 6.54 Å². The molecule has 0 radical (unpaired) electrons. The Labute approximate surface area is 152 Å². The average molecular weight is 397 g/mol. The number of amides is 1. The monoisotopic (exact) mass is 395 g/mol. The molecule has 0 aliphatic heterocycles. The molecule has 23 heavy (non-hydrogen) atoms. The number of rotatable bonds is 6. The van der Waals surface area contributed by atoms with Crippen molar-refractivity contribution in [2.45, 2.75) is 33.1 Å². The van der Waals surface area contributed by atoms with Crippen molar-refractivity contribution < 1.29 is 4.79 Å². The largest absolute Gasteiger partial charge is 0.352 e. The fraction of sp³-hybridized carbons (Fsp3) is 0.421. The number of carbonyl (C=O) groups excluding carboxylic acids is 1. The van der Waals surface area contributed by atoms with Gasteiger partial charge in [0.25, 0.3) is 0 Å². The highest BCUT2D eigenvalue weighted by atomic mass is 79.9. The van der Waals surface area contributed by atoms with Gasteiger partial charge in [-0.25, -0.2) is 0 Å². The van der Waals surface area contributed by atoms with Crippen molar-refractivity contribution in [3.63, 3.8) is 0 Å². The molecule has 4 heteroatoms. The molecule has 124 valence electrons. The maximum atomic E-state index is 11.7. The number of carbonyl (C=O) groups is 1. The van der Waals surface area contributed by atoms with Crippen LogP contribution in [0.4, 0.5) is 0 Å². The quantitative estimate of drug-likeness (QED) is 0.500. The number of allylic oxidation sites excluding steroid dienone is 3. The maximum Gasteiger partial charge on any atom is 0.244 e.